The number of hydrogen-bond acceptors (Lipinski definition) is 4. The SMILES string of the molecule is Cc1ccc(NC(=O)N2CCN(Cc3nc4ccc(Cl)cc4o3)CC2)cc1C. The number of carbonyl (C=O) groups is 1. The van der Waals surface area contributed by atoms with E-state index in [2.05, 4.69) is 22.1 Å². The smallest absolute Gasteiger partial charge is 0.321 e. The standard InChI is InChI=1S/C21H23ClN4O2/c1-14-3-5-17(11-15(14)2)23-21(27)26-9-7-25(8-10-26)13-20-24-18-6-4-16(22)12-19(18)28-20/h3-6,11-12H,7-10,13H2,1-2H3,(H,23,27). The van der Waals surface area contributed by atoms with E-state index in [-0.39, 0.29) is 6.03 Å². The van der Waals surface area contributed by atoms with E-state index in [1.165, 1.54) is 11.1 Å². The highest BCUT2D eigenvalue weighted by molar-refractivity contribution is 6.31. The first-order chi connectivity index (χ1) is 13.5. The molecule has 0 atom stereocenters. The van der Waals surface area contributed by atoms with Crippen LogP contribution in [-0.4, -0.2) is 47.0 Å². The van der Waals surface area contributed by atoms with Crippen molar-refractivity contribution in [1.82, 2.24) is 14.8 Å². The van der Waals surface area contributed by atoms with Gasteiger partial charge in [0.05, 0.1) is 6.54 Å². The molecule has 0 unspecified atom stereocenters. The summed E-state index contributed by atoms with van der Waals surface area (Å²) in [5.41, 5.74) is 4.73. The predicted octanol–water partition coefficient (Wildman–Crippen LogP) is 4.45. The van der Waals surface area contributed by atoms with Crippen molar-refractivity contribution in [2.24, 2.45) is 0 Å². The number of rotatable bonds is 3. The van der Waals surface area contributed by atoms with Gasteiger partial charge in [-0.1, -0.05) is 17.7 Å². The van der Waals surface area contributed by atoms with Crippen molar-refractivity contribution in [2.45, 2.75) is 20.4 Å². The minimum Gasteiger partial charge on any atom is -0.439 e. The summed E-state index contributed by atoms with van der Waals surface area (Å²) in [6.07, 6.45) is 0. The van der Waals surface area contributed by atoms with Crippen molar-refractivity contribution >= 4 is 34.4 Å². The van der Waals surface area contributed by atoms with Gasteiger partial charge in [-0.2, -0.15) is 0 Å². The Balaban J connectivity index is 1.32. The van der Waals surface area contributed by atoms with Crippen LogP contribution >= 0.6 is 11.6 Å². The molecule has 0 bridgehead atoms. The summed E-state index contributed by atoms with van der Waals surface area (Å²) < 4.78 is 5.80. The quantitative estimate of drug-likeness (QED) is 0.708. The van der Waals surface area contributed by atoms with E-state index in [0.717, 1.165) is 24.3 Å². The highest BCUT2D eigenvalue weighted by atomic mass is 35.5. The molecule has 1 saturated heterocycles. The van der Waals surface area contributed by atoms with Crippen molar-refractivity contribution in [2.75, 3.05) is 31.5 Å². The first-order valence-corrected chi connectivity index (χ1v) is 9.76. The van der Waals surface area contributed by atoms with Crippen LogP contribution in [0.4, 0.5) is 10.5 Å². The molecule has 0 radical (unpaired) electrons. The second-order valence-electron chi connectivity index (χ2n) is 7.21. The number of nitrogens with zero attached hydrogens (tertiary/aromatic N) is 3. The number of piperazine rings is 1. The molecule has 28 heavy (non-hydrogen) atoms. The van der Waals surface area contributed by atoms with Gasteiger partial charge in [-0.05, 0) is 49.2 Å². The molecule has 2 amide bonds. The van der Waals surface area contributed by atoms with Gasteiger partial charge in [-0.15, -0.1) is 0 Å². The highest BCUT2D eigenvalue weighted by Gasteiger charge is 2.22. The maximum atomic E-state index is 12.5. The lowest BCUT2D eigenvalue weighted by Crippen LogP contribution is -2.49. The number of anilines is 1. The number of aryl methyl sites for hydroxylation is 2. The fraction of sp³-hybridized carbons (Fsp3) is 0.333. The van der Waals surface area contributed by atoms with E-state index in [1.54, 1.807) is 6.07 Å². The number of amides is 2. The largest absolute Gasteiger partial charge is 0.439 e. The number of halogens is 1. The van der Waals surface area contributed by atoms with Crippen LogP contribution < -0.4 is 5.32 Å². The van der Waals surface area contributed by atoms with E-state index >= 15 is 0 Å². The Morgan fingerprint density at radius 2 is 1.89 bits per heavy atom. The van der Waals surface area contributed by atoms with Crippen LogP contribution in [0.2, 0.25) is 5.02 Å². The molecule has 146 valence electrons. The molecular weight excluding hydrogens is 376 g/mol. The van der Waals surface area contributed by atoms with E-state index in [9.17, 15) is 4.79 Å². The van der Waals surface area contributed by atoms with E-state index in [1.807, 2.05) is 42.2 Å². The van der Waals surface area contributed by atoms with Crippen molar-refractivity contribution in [3.63, 3.8) is 0 Å². The summed E-state index contributed by atoms with van der Waals surface area (Å²) in [6, 6.07) is 11.4. The molecule has 3 aromatic rings. The molecule has 2 aromatic carbocycles. The second kappa shape index (κ2) is 7.81. The van der Waals surface area contributed by atoms with Crippen molar-refractivity contribution in [3.05, 3.63) is 58.4 Å². The third-order valence-electron chi connectivity index (χ3n) is 5.17. The third-order valence-corrected chi connectivity index (χ3v) is 5.41. The summed E-state index contributed by atoms with van der Waals surface area (Å²) in [7, 11) is 0. The van der Waals surface area contributed by atoms with Gasteiger partial charge in [-0.25, -0.2) is 9.78 Å². The average Bonchev–Trinajstić information content (AvgIpc) is 3.06. The Kier molecular flexibility index (Phi) is 5.24. The minimum atomic E-state index is -0.0561. The van der Waals surface area contributed by atoms with Gasteiger partial charge in [0.2, 0.25) is 5.89 Å². The summed E-state index contributed by atoms with van der Waals surface area (Å²) in [4.78, 5) is 21.1. The zero-order valence-electron chi connectivity index (χ0n) is 16.0. The van der Waals surface area contributed by atoms with Crippen LogP contribution in [0.25, 0.3) is 11.1 Å². The van der Waals surface area contributed by atoms with Gasteiger partial charge in [0, 0.05) is 43.0 Å². The minimum absolute atomic E-state index is 0.0561. The lowest BCUT2D eigenvalue weighted by atomic mass is 10.1. The predicted molar refractivity (Wildman–Crippen MR) is 111 cm³/mol. The average molecular weight is 399 g/mol. The van der Waals surface area contributed by atoms with Gasteiger partial charge in [0.1, 0.15) is 5.52 Å². The zero-order chi connectivity index (χ0) is 19.7. The molecule has 1 fully saturated rings. The first kappa shape index (κ1) is 18.8. The molecule has 7 heteroatoms. The molecule has 0 aliphatic carbocycles. The lowest BCUT2D eigenvalue weighted by molar-refractivity contribution is 0.136. The Morgan fingerprint density at radius 1 is 1.11 bits per heavy atom. The van der Waals surface area contributed by atoms with Crippen LogP contribution in [-0.2, 0) is 6.54 Å². The van der Waals surface area contributed by atoms with Gasteiger partial charge in [-0.3, -0.25) is 4.90 Å². The summed E-state index contributed by atoms with van der Waals surface area (Å²) in [5, 5.41) is 3.63. The van der Waals surface area contributed by atoms with Gasteiger partial charge in [0.25, 0.3) is 0 Å². The molecular formula is C21H23ClN4O2. The molecule has 1 aliphatic rings. The maximum absolute atomic E-state index is 12.5. The van der Waals surface area contributed by atoms with E-state index in [0.29, 0.717) is 36.1 Å². The van der Waals surface area contributed by atoms with Crippen LogP contribution in [0.15, 0.2) is 40.8 Å². The summed E-state index contributed by atoms with van der Waals surface area (Å²) in [6.45, 7) is 7.62. The third kappa shape index (κ3) is 4.13. The van der Waals surface area contributed by atoms with E-state index in [4.69, 9.17) is 16.0 Å². The normalized spacial score (nSPS) is 15.2. The molecule has 6 nitrogen and oxygen atoms in total. The molecule has 1 aliphatic heterocycles. The van der Waals surface area contributed by atoms with Crippen molar-refractivity contribution in [3.8, 4) is 0 Å². The summed E-state index contributed by atoms with van der Waals surface area (Å²) >= 11 is 6.00. The molecule has 0 spiro atoms. The van der Waals surface area contributed by atoms with Crippen molar-refractivity contribution in [1.29, 1.82) is 0 Å². The number of nitrogens with one attached hydrogen (secondary N) is 1. The monoisotopic (exact) mass is 398 g/mol. The number of fused-ring (bicyclic) bond motifs is 1. The van der Waals surface area contributed by atoms with Crippen LogP contribution in [0.5, 0.6) is 0 Å². The number of hydrogen-bond donors (Lipinski definition) is 1. The molecule has 0 saturated carbocycles. The fourth-order valence-electron chi connectivity index (χ4n) is 3.34. The van der Waals surface area contributed by atoms with Crippen LogP contribution in [0, 0.1) is 13.8 Å². The highest BCUT2D eigenvalue weighted by Crippen LogP contribution is 2.21. The Morgan fingerprint density at radius 3 is 2.64 bits per heavy atom. The Bertz CT molecular complexity index is 1010. The zero-order valence-corrected chi connectivity index (χ0v) is 16.8. The molecule has 1 N–H and O–H groups in total. The van der Waals surface area contributed by atoms with E-state index < -0.39 is 0 Å². The van der Waals surface area contributed by atoms with Crippen LogP contribution in [0.1, 0.15) is 17.0 Å². The number of aromatic nitrogens is 1. The Hall–Kier alpha value is -2.57. The lowest BCUT2D eigenvalue weighted by Gasteiger charge is -2.34. The van der Waals surface area contributed by atoms with Gasteiger partial charge >= 0.3 is 6.03 Å². The topological polar surface area (TPSA) is 61.6 Å². The molecule has 4 rings (SSSR count). The Labute approximate surface area is 169 Å². The fourth-order valence-corrected chi connectivity index (χ4v) is 3.50. The van der Waals surface area contributed by atoms with Crippen LogP contribution in [0.3, 0.4) is 0 Å². The van der Waals surface area contributed by atoms with Gasteiger partial charge in [0.15, 0.2) is 5.58 Å². The maximum Gasteiger partial charge on any atom is 0.321 e. The number of benzene rings is 2. The molecule has 1 aromatic heterocycles. The number of urea groups is 1. The van der Waals surface area contributed by atoms with Gasteiger partial charge < -0.3 is 14.6 Å². The summed E-state index contributed by atoms with van der Waals surface area (Å²) in [5.74, 6) is 0.672. The number of carbonyl (C=O) groups excluding carboxylic acids is 1. The van der Waals surface area contributed by atoms with Crippen molar-refractivity contribution < 1.29 is 9.21 Å². The molecule has 2 heterocycles. The first-order valence-electron chi connectivity index (χ1n) is 9.38. The number of oxazole rings is 1. The second-order valence-corrected chi connectivity index (χ2v) is 7.65.